The zero-order chi connectivity index (χ0) is 30.0. The normalized spacial score (nSPS) is 15.0. The van der Waals surface area contributed by atoms with E-state index in [-0.39, 0.29) is 32.0 Å². The highest BCUT2D eigenvalue weighted by molar-refractivity contribution is 7.15. The van der Waals surface area contributed by atoms with Crippen LogP contribution in [0.2, 0.25) is 0 Å². The average Bonchev–Trinajstić information content (AvgIpc) is 3.60. The van der Waals surface area contributed by atoms with Gasteiger partial charge in [0.2, 0.25) is 0 Å². The van der Waals surface area contributed by atoms with E-state index in [0.29, 0.717) is 24.2 Å². The molecule has 4 N–H and O–H groups in total. The Morgan fingerprint density at radius 1 is 0.951 bits per heavy atom. The van der Waals surface area contributed by atoms with Gasteiger partial charge in [0.1, 0.15) is 29.8 Å². The largest absolute Gasteiger partial charge is 0.491 e. The molecule has 0 bridgehead atoms. The van der Waals surface area contributed by atoms with E-state index in [1.165, 1.54) is 24.1 Å². The van der Waals surface area contributed by atoms with Gasteiger partial charge >= 0.3 is 5.97 Å². The topological polar surface area (TPSA) is 130 Å². The van der Waals surface area contributed by atoms with Crippen LogP contribution in [0.15, 0.2) is 40.8 Å². The molecule has 41 heavy (non-hydrogen) atoms. The number of ether oxygens (including phenoxy) is 2. The number of thiophene rings is 1. The van der Waals surface area contributed by atoms with Gasteiger partial charge in [0.25, 0.3) is 0 Å². The van der Waals surface area contributed by atoms with E-state index in [1.54, 1.807) is 23.5 Å². The fourth-order valence-electron chi connectivity index (χ4n) is 4.26. The lowest BCUT2D eigenvalue weighted by Gasteiger charge is -2.24. The van der Waals surface area contributed by atoms with Gasteiger partial charge in [-0.1, -0.05) is 26.7 Å². The van der Waals surface area contributed by atoms with Crippen molar-refractivity contribution in [3.05, 3.63) is 41.3 Å². The van der Waals surface area contributed by atoms with Crippen LogP contribution in [0.5, 0.6) is 5.75 Å². The average molecular weight is 591 g/mol. The van der Waals surface area contributed by atoms with E-state index in [2.05, 4.69) is 19.1 Å². The van der Waals surface area contributed by atoms with Gasteiger partial charge < -0.3 is 34.3 Å². The molecule has 0 aliphatic rings. The maximum absolute atomic E-state index is 12.0. The first-order valence-corrected chi connectivity index (χ1v) is 15.5. The van der Waals surface area contributed by atoms with Crippen molar-refractivity contribution in [1.29, 1.82) is 0 Å². The van der Waals surface area contributed by atoms with Crippen LogP contribution in [0.3, 0.4) is 0 Å². The maximum atomic E-state index is 12.0. The quantitative estimate of drug-likeness (QED) is 0.107. The van der Waals surface area contributed by atoms with Crippen molar-refractivity contribution < 1.29 is 39.1 Å². The molecule has 0 aliphatic carbocycles. The van der Waals surface area contributed by atoms with Crippen LogP contribution in [0.4, 0.5) is 0 Å². The summed E-state index contributed by atoms with van der Waals surface area (Å²) in [5.41, 5.74) is 0.102. The molecular weight excluding hydrogens is 544 g/mol. The Morgan fingerprint density at radius 2 is 1.71 bits per heavy atom. The summed E-state index contributed by atoms with van der Waals surface area (Å²) in [4.78, 5) is 14.4. The van der Waals surface area contributed by atoms with Crippen LogP contribution >= 0.6 is 11.3 Å². The predicted octanol–water partition coefficient (Wildman–Crippen LogP) is 5.87. The molecule has 2 aromatic heterocycles. The van der Waals surface area contributed by atoms with Crippen LogP contribution in [0, 0.1) is 5.41 Å². The van der Waals surface area contributed by atoms with Crippen molar-refractivity contribution in [2.24, 2.45) is 5.41 Å². The Kier molecular flexibility index (Phi) is 12.7. The smallest absolute Gasteiger partial charge is 0.311 e. The molecule has 228 valence electrons. The first-order chi connectivity index (χ1) is 19.5. The van der Waals surface area contributed by atoms with Gasteiger partial charge in [-0.2, -0.15) is 0 Å². The second-order valence-electron chi connectivity index (χ2n) is 11.4. The molecule has 0 spiro atoms. The number of hydrogen-bond donors (Lipinski definition) is 4. The van der Waals surface area contributed by atoms with Crippen LogP contribution in [0.25, 0.3) is 21.6 Å². The minimum atomic E-state index is -1.30. The first-order valence-electron chi connectivity index (χ1n) is 14.7. The van der Waals surface area contributed by atoms with Crippen LogP contribution < -0.4 is 4.74 Å². The number of aryl methyl sites for hydroxylation is 1. The van der Waals surface area contributed by atoms with E-state index in [4.69, 9.17) is 13.9 Å². The molecule has 9 heteroatoms. The van der Waals surface area contributed by atoms with Gasteiger partial charge in [0.15, 0.2) is 0 Å². The number of esters is 1. The molecule has 0 saturated carbocycles. The third kappa shape index (κ3) is 9.82. The summed E-state index contributed by atoms with van der Waals surface area (Å²) in [5, 5.41) is 42.2. The fraction of sp³-hybridized carbons (Fsp3) is 0.594. The summed E-state index contributed by atoms with van der Waals surface area (Å²) >= 11 is 1.74. The molecule has 2 heterocycles. The van der Waals surface area contributed by atoms with Gasteiger partial charge in [-0.15, -0.1) is 11.3 Å². The van der Waals surface area contributed by atoms with Crippen molar-refractivity contribution >= 4 is 28.3 Å². The summed E-state index contributed by atoms with van der Waals surface area (Å²) < 4.78 is 17.0. The number of furan rings is 1. The fourth-order valence-corrected chi connectivity index (χ4v) is 5.26. The second-order valence-corrected chi connectivity index (χ2v) is 12.5. The molecule has 0 saturated heterocycles. The van der Waals surface area contributed by atoms with E-state index >= 15 is 0 Å². The van der Waals surface area contributed by atoms with Crippen LogP contribution in [-0.4, -0.2) is 64.0 Å². The molecule has 4 unspecified atom stereocenters. The summed E-state index contributed by atoms with van der Waals surface area (Å²) in [6.45, 7) is 7.68. The number of unbranched alkanes of at least 4 members (excludes halogenated alkanes) is 2. The standard InChI is InChI=1S/C32H46O8S/c1-5-7-8-10-23-14-15-30(41-23)29-17-21-12-13-22(18-28(21)40-29)39-20-27(36)26(35)19-25(34)24(33)11-9-16-38-31(37)32(3,4)6-2/h12-15,17-18,24-27,33-36H,5-11,16,19-20H2,1-4H3. The first kappa shape index (κ1) is 33.1. The zero-order valence-corrected chi connectivity index (χ0v) is 25.5. The monoisotopic (exact) mass is 590 g/mol. The lowest BCUT2D eigenvalue weighted by molar-refractivity contribution is -0.154. The summed E-state index contributed by atoms with van der Waals surface area (Å²) in [7, 11) is 0. The number of aliphatic hydroxyl groups excluding tert-OH is 4. The molecule has 0 fully saturated rings. The van der Waals surface area contributed by atoms with Crippen LogP contribution in [-0.2, 0) is 16.0 Å². The maximum Gasteiger partial charge on any atom is 0.311 e. The van der Waals surface area contributed by atoms with Gasteiger partial charge in [-0.25, -0.2) is 0 Å². The highest BCUT2D eigenvalue weighted by Crippen LogP contribution is 2.34. The van der Waals surface area contributed by atoms with Gasteiger partial charge in [-0.3, -0.25) is 4.79 Å². The molecule has 3 aromatic rings. The molecule has 1 aromatic carbocycles. The summed E-state index contributed by atoms with van der Waals surface area (Å²) in [6.07, 6.45) is 0.754. The molecule has 8 nitrogen and oxygen atoms in total. The van der Waals surface area contributed by atoms with Crippen molar-refractivity contribution in [2.75, 3.05) is 13.2 Å². The molecule has 3 rings (SSSR count). The lowest BCUT2D eigenvalue weighted by atomic mass is 9.91. The van der Waals surface area contributed by atoms with Crippen LogP contribution in [0.1, 0.15) is 77.5 Å². The second kappa shape index (κ2) is 15.7. The number of benzene rings is 1. The molecular formula is C32H46O8S. The molecule has 0 aliphatic heterocycles. The third-order valence-electron chi connectivity index (χ3n) is 7.53. The number of rotatable bonds is 18. The number of carbonyl (C=O) groups excluding carboxylic acids is 1. The van der Waals surface area contributed by atoms with E-state index in [1.807, 2.05) is 32.9 Å². The Morgan fingerprint density at radius 3 is 2.44 bits per heavy atom. The van der Waals surface area contributed by atoms with Crippen molar-refractivity contribution in [3.8, 4) is 16.4 Å². The Labute approximate surface area is 246 Å². The third-order valence-corrected chi connectivity index (χ3v) is 8.69. The van der Waals surface area contributed by atoms with Gasteiger partial charge in [0.05, 0.1) is 35.2 Å². The van der Waals surface area contributed by atoms with E-state index < -0.39 is 29.8 Å². The van der Waals surface area contributed by atoms with Crippen molar-refractivity contribution in [2.45, 2.75) is 103 Å². The predicted molar refractivity (Wildman–Crippen MR) is 161 cm³/mol. The molecule has 0 amide bonds. The number of fused-ring (bicyclic) bond motifs is 1. The van der Waals surface area contributed by atoms with Crippen molar-refractivity contribution in [3.63, 3.8) is 0 Å². The van der Waals surface area contributed by atoms with E-state index in [0.717, 1.165) is 22.4 Å². The highest BCUT2D eigenvalue weighted by Gasteiger charge is 2.28. The summed E-state index contributed by atoms with van der Waals surface area (Å²) in [5.74, 6) is 0.988. The highest BCUT2D eigenvalue weighted by atomic mass is 32.1. The Balaban J connectivity index is 1.43. The molecule has 0 radical (unpaired) electrons. The van der Waals surface area contributed by atoms with E-state index in [9.17, 15) is 25.2 Å². The van der Waals surface area contributed by atoms with Gasteiger partial charge in [0, 0.05) is 22.8 Å². The lowest BCUT2D eigenvalue weighted by Crippen LogP contribution is -2.38. The Hall–Kier alpha value is -2.43. The number of carbonyl (C=O) groups is 1. The number of hydrogen-bond acceptors (Lipinski definition) is 9. The van der Waals surface area contributed by atoms with Crippen molar-refractivity contribution in [1.82, 2.24) is 0 Å². The Bertz CT molecular complexity index is 1220. The number of aliphatic hydroxyl groups is 4. The SMILES string of the molecule is CCCCCc1ccc(-c2cc3ccc(OCC(O)C(O)CC(O)C(O)CCCOC(=O)C(C)(C)CC)cc3o2)s1. The molecule has 4 atom stereocenters. The minimum absolute atomic E-state index is 0.139. The zero-order valence-electron chi connectivity index (χ0n) is 24.7. The summed E-state index contributed by atoms with van der Waals surface area (Å²) in [6, 6.07) is 11.7. The van der Waals surface area contributed by atoms with Gasteiger partial charge in [-0.05, 0) is 76.3 Å². The minimum Gasteiger partial charge on any atom is -0.491 e.